The number of hydrogen-bond acceptors (Lipinski definition) is 9. The summed E-state index contributed by atoms with van der Waals surface area (Å²) in [5.74, 6) is 2.62. The van der Waals surface area contributed by atoms with Gasteiger partial charge >= 0.3 is 5.97 Å². The SMILES string of the molecule is CC(=O)O[C@@H]1C[C@@H]2[C@H]3CC=C4C[C@H](O[C@H]5O[C@@H](CO)[C@@H](O)[C@H](O)[C@@H]5O)CC[C@@]4(C)[C@@H]3CC[C@]2(C)[C@H]1[C@H](C)C1=NC[C@@H](C)CC1. The molecular weight excluding hydrogens is 562 g/mol. The Morgan fingerprint density at radius 1 is 1.11 bits per heavy atom. The number of carbonyl (C=O) groups is 1. The van der Waals surface area contributed by atoms with Crippen molar-refractivity contribution in [2.24, 2.45) is 51.3 Å². The first kappa shape index (κ1) is 32.6. The molecule has 2 aliphatic heterocycles. The number of fused-ring (bicyclic) bond motifs is 5. The van der Waals surface area contributed by atoms with Crippen LogP contribution in [0.4, 0.5) is 0 Å². The van der Waals surface area contributed by atoms with Crippen LogP contribution < -0.4 is 0 Å². The van der Waals surface area contributed by atoms with E-state index in [0.717, 1.165) is 57.9 Å². The van der Waals surface area contributed by atoms with Gasteiger partial charge in [0.15, 0.2) is 6.29 Å². The average Bonchev–Trinajstić information content (AvgIpc) is 3.28. The van der Waals surface area contributed by atoms with Gasteiger partial charge in [0.25, 0.3) is 0 Å². The molecule has 0 spiro atoms. The van der Waals surface area contributed by atoms with Crippen LogP contribution in [0.1, 0.15) is 92.4 Å². The van der Waals surface area contributed by atoms with Crippen molar-refractivity contribution in [3.05, 3.63) is 11.6 Å². The minimum absolute atomic E-state index is 0.0592. The van der Waals surface area contributed by atoms with Crippen molar-refractivity contribution in [1.29, 1.82) is 0 Å². The number of aliphatic hydroxyl groups is 4. The first-order valence-electron chi connectivity index (χ1n) is 17.2. The lowest BCUT2D eigenvalue weighted by Gasteiger charge is -2.58. The summed E-state index contributed by atoms with van der Waals surface area (Å²) in [7, 11) is 0. The van der Waals surface area contributed by atoms with Crippen molar-refractivity contribution < 1.29 is 39.4 Å². The summed E-state index contributed by atoms with van der Waals surface area (Å²) < 4.78 is 18.0. The Morgan fingerprint density at radius 2 is 1.89 bits per heavy atom. The van der Waals surface area contributed by atoms with E-state index in [0.29, 0.717) is 29.6 Å². The normalized spacial score (nSPS) is 49.6. The summed E-state index contributed by atoms with van der Waals surface area (Å²) in [4.78, 5) is 17.4. The van der Waals surface area contributed by atoms with Gasteiger partial charge in [-0.3, -0.25) is 9.79 Å². The molecule has 0 bridgehead atoms. The van der Waals surface area contributed by atoms with Gasteiger partial charge in [-0.25, -0.2) is 0 Å². The highest BCUT2D eigenvalue weighted by Gasteiger charge is 2.63. The summed E-state index contributed by atoms with van der Waals surface area (Å²) in [6, 6.07) is 0. The molecule has 4 N–H and O–H groups in total. The number of aliphatic hydroxyl groups excluding tert-OH is 4. The molecule has 9 nitrogen and oxygen atoms in total. The summed E-state index contributed by atoms with van der Waals surface area (Å²) in [5.41, 5.74) is 2.89. The van der Waals surface area contributed by atoms with Gasteiger partial charge in [0.05, 0.1) is 12.7 Å². The molecular formula is C35H55NO8. The number of carbonyl (C=O) groups excluding carboxylic acids is 1. The maximum Gasteiger partial charge on any atom is 0.302 e. The molecule has 4 aliphatic carbocycles. The van der Waals surface area contributed by atoms with Crippen LogP contribution in [-0.2, 0) is 19.0 Å². The predicted molar refractivity (Wildman–Crippen MR) is 165 cm³/mol. The summed E-state index contributed by atoms with van der Waals surface area (Å²) in [6.07, 6.45) is 4.89. The van der Waals surface area contributed by atoms with Gasteiger partial charge < -0.3 is 34.6 Å². The zero-order chi connectivity index (χ0) is 31.6. The Kier molecular flexibility index (Phi) is 9.14. The van der Waals surface area contributed by atoms with Crippen LogP contribution in [0.15, 0.2) is 16.6 Å². The topological polar surface area (TPSA) is 138 Å². The monoisotopic (exact) mass is 617 g/mol. The van der Waals surface area contributed by atoms with Crippen molar-refractivity contribution in [3.8, 4) is 0 Å². The molecule has 1 saturated heterocycles. The molecule has 0 aromatic heterocycles. The number of nitrogens with zero attached hydrogens (tertiary/aromatic N) is 1. The van der Waals surface area contributed by atoms with Crippen LogP contribution in [0, 0.1) is 46.3 Å². The van der Waals surface area contributed by atoms with Gasteiger partial charge in [0.1, 0.15) is 30.5 Å². The Morgan fingerprint density at radius 3 is 2.57 bits per heavy atom. The predicted octanol–water partition coefficient (Wildman–Crippen LogP) is 3.80. The first-order valence-corrected chi connectivity index (χ1v) is 17.2. The molecule has 44 heavy (non-hydrogen) atoms. The van der Waals surface area contributed by atoms with Crippen molar-refractivity contribution in [2.45, 2.75) is 135 Å². The molecule has 0 radical (unpaired) electrons. The molecule has 0 unspecified atom stereocenters. The van der Waals surface area contributed by atoms with E-state index in [9.17, 15) is 25.2 Å². The third-order valence-electron chi connectivity index (χ3n) is 13.2. The Balaban J connectivity index is 1.20. The van der Waals surface area contributed by atoms with Gasteiger partial charge in [-0.2, -0.15) is 0 Å². The van der Waals surface area contributed by atoms with Crippen LogP contribution in [0.2, 0.25) is 0 Å². The Hall–Kier alpha value is -1.36. The second-order valence-corrected chi connectivity index (χ2v) is 15.7. The lowest BCUT2D eigenvalue weighted by Crippen LogP contribution is -2.60. The minimum Gasteiger partial charge on any atom is -0.462 e. The van der Waals surface area contributed by atoms with Gasteiger partial charge in [-0.1, -0.05) is 39.3 Å². The Labute approximate surface area is 262 Å². The number of esters is 1. The van der Waals surface area contributed by atoms with E-state index in [4.69, 9.17) is 19.2 Å². The highest BCUT2D eigenvalue weighted by Crippen LogP contribution is 2.67. The molecule has 3 saturated carbocycles. The van der Waals surface area contributed by atoms with Crippen LogP contribution >= 0.6 is 0 Å². The standard InChI is InChI=1S/C35H55NO8/c1-18-6-9-26(36-16-18)19(2)29-27(42-20(3)38)15-25-23-8-7-21-14-22(10-12-34(21,4)24(23)11-13-35(25,29)5)43-33-32(41)31(40)30(39)28(17-37)44-33/h7,18-19,22-25,27-33,37,39-41H,6,8-17H2,1-5H3/t18-,19+,22+,23-,24+,25+,27+,28-,29-,30+,31-,32-,33-,34+,35-/m0/s1. The molecule has 0 amide bonds. The maximum absolute atomic E-state index is 12.3. The zero-order valence-corrected chi connectivity index (χ0v) is 27.2. The molecule has 6 aliphatic rings. The molecule has 6 rings (SSSR count). The van der Waals surface area contributed by atoms with E-state index in [1.54, 1.807) is 6.92 Å². The number of ether oxygens (including phenoxy) is 3. The molecule has 2 heterocycles. The smallest absolute Gasteiger partial charge is 0.302 e. The van der Waals surface area contributed by atoms with Crippen molar-refractivity contribution in [1.82, 2.24) is 0 Å². The molecule has 0 aromatic rings. The number of hydrogen-bond donors (Lipinski definition) is 4. The van der Waals surface area contributed by atoms with Crippen molar-refractivity contribution in [3.63, 3.8) is 0 Å². The third kappa shape index (κ3) is 5.51. The fourth-order valence-electron chi connectivity index (χ4n) is 10.8. The second kappa shape index (κ2) is 12.3. The minimum atomic E-state index is -1.44. The highest BCUT2D eigenvalue weighted by atomic mass is 16.7. The van der Waals surface area contributed by atoms with E-state index in [-0.39, 0.29) is 34.9 Å². The number of rotatable bonds is 6. The van der Waals surface area contributed by atoms with Gasteiger partial charge in [0, 0.05) is 31.0 Å². The highest BCUT2D eigenvalue weighted by molar-refractivity contribution is 5.87. The number of allylic oxidation sites excluding steroid dienone is 1. The van der Waals surface area contributed by atoms with Crippen molar-refractivity contribution in [2.75, 3.05) is 13.2 Å². The van der Waals surface area contributed by atoms with Crippen LogP contribution in [0.5, 0.6) is 0 Å². The first-order chi connectivity index (χ1) is 20.9. The maximum atomic E-state index is 12.3. The largest absolute Gasteiger partial charge is 0.462 e. The fourth-order valence-corrected chi connectivity index (χ4v) is 10.8. The average molecular weight is 618 g/mol. The lowest BCUT2D eigenvalue weighted by atomic mass is 9.47. The lowest BCUT2D eigenvalue weighted by molar-refractivity contribution is -0.313. The van der Waals surface area contributed by atoms with E-state index in [2.05, 4.69) is 33.8 Å². The molecule has 4 fully saturated rings. The second-order valence-electron chi connectivity index (χ2n) is 15.7. The van der Waals surface area contributed by atoms with Crippen LogP contribution in [0.3, 0.4) is 0 Å². The number of aliphatic imine (C=N–C) groups is 1. The molecule has 9 heteroatoms. The summed E-state index contributed by atoms with van der Waals surface area (Å²) in [5, 5.41) is 40.5. The summed E-state index contributed by atoms with van der Waals surface area (Å²) >= 11 is 0. The molecule has 248 valence electrons. The van der Waals surface area contributed by atoms with Crippen molar-refractivity contribution >= 4 is 11.7 Å². The molecule has 15 atom stereocenters. The fraction of sp³-hybridized carbons (Fsp3) is 0.886. The van der Waals surface area contributed by atoms with E-state index < -0.39 is 37.3 Å². The van der Waals surface area contributed by atoms with E-state index in [1.165, 1.54) is 17.7 Å². The third-order valence-corrected chi connectivity index (χ3v) is 13.2. The van der Waals surface area contributed by atoms with Gasteiger partial charge in [-0.05, 0) is 92.3 Å². The van der Waals surface area contributed by atoms with Crippen LogP contribution in [0.25, 0.3) is 0 Å². The van der Waals surface area contributed by atoms with Crippen LogP contribution in [-0.4, -0.2) is 88.2 Å². The quantitative estimate of drug-likeness (QED) is 0.261. The van der Waals surface area contributed by atoms with Gasteiger partial charge in [0.2, 0.25) is 0 Å². The summed E-state index contributed by atoms with van der Waals surface area (Å²) in [6.45, 7) is 11.5. The zero-order valence-electron chi connectivity index (χ0n) is 27.2. The Bertz CT molecular complexity index is 1140. The van der Waals surface area contributed by atoms with Gasteiger partial charge in [-0.15, -0.1) is 0 Å². The van der Waals surface area contributed by atoms with E-state index >= 15 is 0 Å². The molecule has 0 aromatic carbocycles. The van der Waals surface area contributed by atoms with E-state index in [1.807, 2.05) is 0 Å².